The zero-order valence-corrected chi connectivity index (χ0v) is 17.4. The second-order valence-corrected chi connectivity index (χ2v) is 7.57. The molecule has 1 unspecified atom stereocenters. The van der Waals surface area contributed by atoms with E-state index in [4.69, 9.17) is 4.99 Å². The summed E-state index contributed by atoms with van der Waals surface area (Å²) in [5, 5.41) is 6.82. The average molecular weight is 379 g/mol. The summed E-state index contributed by atoms with van der Waals surface area (Å²) in [6, 6.07) is 4.33. The van der Waals surface area contributed by atoms with Gasteiger partial charge in [-0.25, -0.2) is 9.37 Å². The van der Waals surface area contributed by atoms with Gasteiger partial charge in [-0.15, -0.1) is 0 Å². The predicted octanol–water partition coefficient (Wildman–Crippen LogP) is 2.47. The minimum Gasteiger partial charge on any atom is -0.357 e. The molecule has 27 heavy (non-hydrogen) atoms. The molecule has 1 aliphatic heterocycles. The molecular weight excluding hydrogens is 343 g/mol. The fraction of sp³-hybridized carbons (Fsp3) is 0.700. The number of aromatic nitrogens is 1. The predicted molar refractivity (Wildman–Crippen MR) is 111 cm³/mol. The fourth-order valence-electron chi connectivity index (χ4n) is 3.58. The highest BCUT2D eigenvalue weighted by Gasteiger charge is 2.26. The van der Waals surface area contributed by atoms with E-state index in [2.05, 4.69) is 55.1 Å². The maximum Gasteiger partial charge on any atom is 0.191 e. The second kappa shape index (κ2) is 10.4. The van der Waals surface area contributed by atoms with Crippen molar-refractivity contribution in [3.63, 3.8) is 0 Å². The first-order valence-electron chi connectivity index (χ1n) is 10.1. The number of hydrogen-bond acceptors (Lipinski definition) is 4. The molecule has 0 aromatic carbocycles. The lowest BCUT2D eigenvalue weighted by Crippen LogP contribution is -2.45. The maximum atomic E-state index is 14.0. The molecule has 0 radical (unpaired) electrons. The number of rotatable bonds is 8. The van der Waals surface area contributed by atoms with Crippen LogP contribution in [0.15, 0.2) is 23.3 Å². The van der Waals surface area contributed by atoms with Crippen LogP contribution in [0.2, 0.25) is 0 Å². The van der Waals surface area contributed by atoms with Gasteiger partial charge in [0, 0.05) is 50.5 Å². The van der Waals surface area contributed by atoms with Gasteiger partial charge in [-0.1, -0.05) is 0 Å². The molecule has 6 nitrogen and oxygen atoms in total. The molecule has 7 heteroatoms. The number of nitrogens with zero attached hydrogens (tertiary/aromatic N) is 4. The van der Waals surface area contributed by atoms with E-state index in [0.717, 1.165) is 45.1 Å². The van der Waals surface area contributed by atoms with Gasteiger partial charge in [0.25, 0.3) is 0 Å². The molecule has 0 amide bonds. The highest BCUT2D eigenvalue weighted by Crippen LogP contribution is 2.20. The fourth-order valence-corrected chi connectivity index (χ4v) is 3.58. The van der Waals surface area contributed by atoms with Gasteiger partial charge in [0.05, 0.1) is 6.54 Å². The molecule has 1 atom stereocenters. The molecule has 2 N–H and O–H groups in total. The van der Waals surface area contributed by atoms with Crippen LogP contribution in [0.1, 0.15) is 41.0 Å². The van der Waals surface area contributed by atoms with Crippen LogP contribution < -0.4 is 15.5 Å². The summed E-state index contributed by atoms with van der Waals surface area (Å²) < 4.78 is 14.0. The van der Waals surface area contributed by atoms with Crippen molar-refractivity contribution >= 4 is 11.8 Å². The quantitative estimate of drug-likeness (QED) is 0.538. The first-order valence-corrected chi connectivity index (χ1v) is 10.1. The van der Waals surface area contributed by atoms with E-state index in [1.807, 2.05) is 4.90 Å². The number of aliphatic imine (C=N–C) groups is 1. The van der Waals surface area contributed by atoms with Crippen molar-refractivity contribution in [1.82, 2.24) is 20.5 Å². The van der Waals surface area contributed by atoms with E-state index in [1.54, 1.807) is 12.3 Å². The zero-order chi connectivity index (χ0) is 19.8. The van der Waals surface area contributed by atoms with Crippen molar-refractivity contribution in [2.75, 3.05) is 37.6 Å². The molecule has 1 aliphatic rings. The molecule has 1 fully saturated rings. The molecule has 0 aliphatic carbocycles. The average Bonchev–Trinajstić information content (AvgIpc) is 3.06. The Morgan fingerprint density at radius 3 is 2.74 bits per heavy atom. The minimum atomic E-state index is -0.263. The summed E-state index contributed by atoms with van der Waals surface area (Å²) >= 11 is 0. The van der Waals surface area contributed by atoms with E-state index in [0.29, 0.717) is 17.9 Å². The lowest BCUT2D eigenvalue weighted by molar-refractivity contribution is 0.181. The highest BCUT2D eigenvalue weighted by molar-refractivity contribution is 5.80. The summed E-state index contributed by atoms with van der Waals surface area (Å²) in [4.78, 5) is 13.4. The van der Waals surface area contributed by atoms with E-state index in [9.17, 15) is 4.39 Å². The first-order chi connectivity index (χ1) is 12.9. The Labute approximate surface area is 163 Å². The van der Waals surface area contributed by atoms with Crippen LogP contribution in [0.4, 0.5) is 10.2 Å². The smallest absolute Gasteiger partial charge is 0.191 e. The number of nitrogens with one attached hydrogen (secondary N) is 2. The monoisotopic (exact) mass is 378 g/mol. The molecule has 152 valence electrons. The van der Waals surface area contributed by atoms with Gasteiger partial charge in [-0.3, -0.25) is 9.89 Å². The van der Waals surface area contributed by atoms with E-state index in [1.165, 1.54) is 6.07 Å². The Morgan fingerprint density at radius 1 is 1.37 bits per heavy atom. The Kier molecular flexibility index (Phi) is 8.28. The third kappa shape index (κ3) is 6.34. The van der Waals surface area contributed by atoms with Gasteiger partial charge in [0.2, 0.25) is 0 Å². The zero-order valence-electron chi connectivity index (χ0n) is 17.4. The van der Waals surface area contributed by atoms with E-state index in [-0.39, 0.29) is 11.9 Å². The largest absolute Gasteiger partial charge is 0.357 e. The van der Waals surface area contributed by atoms with Gasteiger partial charge in [0.15, 0.2) is 17.6 Å². The Hall–Kier alpha value is -1.89. The summed E-state index contributed by atoms with van der Waals surface area (Å²) in [5.41, 5.74) is 0. The van der Waals surface area contributed by atoms with Gasteiger partial charge >= 0.3 is 0 Å². The van der Waals surface area contributed by atoms with Crippen molar-refractivity contribution < 1.29 is 4.39 Å². The summed E-state index contributed by atoms with van der Waals surface area (Å²) in [6.45, 7) is 15.0. The van der Waals surface area contributed by atoms with Gasteiger partial charge < -0.3 is 15.5 Å². The maximum absolute atomic E-state index is 14.0. The highest BCUT2D eigenvalue weighted by atomic mass is 19.1. The SMILES string of the molecule is CCNC(=NCCN(C(C)C)C(C)C)NC1CCN(c2ncccc2F)C1. The standard InChI is InChI=1S/C20H35FN6/c1-6-22-20(24-11-13-27(15(2)3)16(4)5)25-17-9-12-26(14-17)19-18(21)8-7-10-23-19/h7-8,10,15-17H,6,9,11-14H2,1-5H3,(H2,22,24,25). The van der Waals surface area contributed by atoms with Crippen LogP contribution in [0.5, 0.6) is 0 Å². The third-order valence-electron chi connectivity index (χ3n) is 4.87. The summed E-state index contributed by atoms with van der Waals surface area (Å²) in [6.07, 6.45) is 2.57. The summed E-state index contributed by atoms with van der Waals surface area (Å²) in [5.74, 6) is 1.01. The number of halogens is 1. The van der Waals surface area contributed by atoms with Gasteiger partial charge in [-0.2, -0.15) is 0 Å². The number of hydrogen-bond donors (Lipinski definition) is 2. The lowest BCUT2D eigenvalue weighted by atomic mass is 10.2. The van der Waals surface area contributed by atoms with Crippen molar-refractivity contribution in [2.45, 2.75) is 59.2 Å². The minimum absolute atomic E-state index is 0.232. The normalized spacial score (nSPS) is 18.0. The van der Waals surface area contributed by atoms with Crippen LogP contribution in [0.3, 0.4) is 0 Å². The Bertz CT molecular complexity index is 596. The molecule has 0 saturated carbocycles. The van der Waals surface area contributed by atoms with E-state index >= 15 is 0 Å². The van der Waals surface area contributed by atoms with Crippen LogP contribution in [0.25, 0.3) is 0 Å². The number of anilines is 1. The van der Waals surface area contributed by atoms with Gasteiger partial charge in [-0.05, 0) is 53.2 Å². The molecule has 1 aromatic rings. The third-order valence-corrected chi connectivity index (χ3v) is 4.87. The van der Waals surface area contributed by atoms with Gasteiger partial charge in [0.1, 0.15) is 0 Å². The van der Waals surface area contributed by atoms with E-state index < -0.39 is 0 Å². The molecular formula is C20H35FN6. The molecule has 2 rings (SSSR count). The molecule has 1 aromatic heterocycles. The van der Waals surface area contributed by atoms with Crippen molar-refractivity contribution in [2.24, 2.45) is 4.99 Å². The second-order valence-electron chi connectivity index (χ2n) is 7.57. The Morgan fingerprint density at radius 2 is 2.11 bits per heavy atom. The number of pyridine rings is 1. The lowest BCUT2D eigenvalue weighted by Gasteiger charge is -2.29. The first kappa shape index (κ1) is 21.4. The molecule has 2 heterocycles. The molecule has 0 bridgehead atoms. The van der Waals surface area contributed by atoms with Crippen molar-refractivity contribution in [1.29, 1.82) is 0 Å². The topological polar surface area (TPSA) is 55.8 Å². The summed E-state index contributed by atoms with van der Waals surface area (Å²) in [7, 11) is 0. The number of guanidine groups is 1. The van der Waals surface area contributed by atoms with Crippen molar-refractivity contribution in [3.05, 3.63) is 24.1 Å². The van der Waals surface area contributed by atoms with Crippen LogP contribution >= 0.6 is 0 Å². The van der Waals surface area contributed by atoms with Crippen LogP contribution in [-0.2, 0) is 0 Å². The van der Waals surface area contributed by atoms with Crippen molar-refractivity contribution in [3.8, 4) is 0 Å². The molecule has 1 saturated heterocycles. The van der Waals surface area contributed by atoms with Crippen LogP contribution in [0, 0.1) is 5.82 Å². The Balaban J connectivity index is 1.91. The van der Waals surface area contributed by atoms with Crippen LogP contribution in [-0.4, -0.2) is 66.7 Å². The molecule has 0 spiro atoms.